The average molecular weight is 245 g/mol. The molecule has 0 saturated heterocycles. The molecule has 1 N–H and O–H groups in total. The molecule has 0 saturated carbocycles. The van der Waals surface area contributed by atoms with Crippen LogP contribution in [0.2, 0.25) is 0 Å². The zero-order chi connectivity index (χ0) is 10.6. The second kappa shape index (κ2) is 5.70. The van der Waals surface area contributed by atoms with Crippen LogP contribution in [0.4, 0.5) is 0 Å². The molecule has 0 heterocycles. The third-order valence-corrected chi connectivity index (χ3v) is 2.85. The Bertz CT molecular complexity index is 352. The summed E-state index contributed by atoms with van der Waals surface area (Å²) in [4.78, 5) is 6.37. The Morgan fingerprint density at radius 2 is 2.00 bits per heavy atom. The van der Waals surface area contributed by atoms with E-state index in [1.165, 1.54) is 0 Å². The zero-order valence-corrected chi connectivity index (χ0v) is 10.1. The van der Waals surface area contributed by atoms with Crippen molar-refractivity contribution in [2.75, 3.05) is 13.2 Å². The third-order valence-electron chi connectivity index (χ3n) is 1.56. The van der Waals surface area contributed by atoms with E-state index in [4.69, 9.17) is 5.11 Å². The van der Waals surface area contributed by atoms with E-state index in [9.17, 15) is 0 Å². The van der Waals surface area contributed by atoms with E-state index >= 15 is 0 Å². The lowest BCUT2D eigenvalue weighted by atomic mass is 10.2. The van der Waals surface area contributed by atoms with Crippen molar-refractivity contribution in [2.24, 2.45) is 4.99 Å². The van der Waals surface area contributed by atoms with Gasteiger partial charge in [0, 0.05) is 26.5 Å². The van der Waals surface area contributed by atoms with Gasteiger partial charge in [0.05, 0.1) is 13.2 Å². The Hall–Kier alpha value is -0.100. The molecule has 1 aromatic carbocycles. The second-order valence-corrected chi connectivity index (χ2v) is 4.11. The van der Waals surface area contributed by atoms with Crippen molar-refractivity contribution in [2.45, 2.75) is 14.7 Å². The van der Waals surface area contributed by atoms with Crippen LogP contribution >= 0.6 is 37.9 Å². The molecule has 0 spiro atoms. The van der Waals surface area contributed by atoms with Gasteiger partial charge in [-0.15, -0.1) is 37.9 Å². The van der Waals surface area contributed by atoms with E-state index < -0.39 is 0 Å². The smallest absolute Gasteiger partial charge is 0.0626 e. The number of hydrogen-bond acceptors (Lipinski definition) is 5. The topological polar surface area (TPSA) is 32.6 Å². The molecule has 0 radical (unpaired) electrons. The van der Waals surface area contributed by atoms with E-state index in [0.717, 1.165) is 20.2 Å². The molecular weight excluding hydrogens is 234 g/mol. The van der Waals surface area contributed by atoms with Gasteiger partial charge in [0.1, 0.15) is 0 Å². The van der Waals surface area contributed by atoms with Gasteiger partial charge in [0.2, 0.25) is 0 Å². The molecule has 0 fully saturated rings. The minimum atomic E-state index is 0.0483. The largest absolute Gasteiger partial charge is 0.394 e. The van der Waals surface area contributed by atoms with Crippen molar-refractivity contribution in [1.29, 1.82) is 0 Å². The van der Waals surface area contributed by atoms with Gasteiger partial charge >= 0.3 is 0 Å². The second-order valence-electron chi connectivity index (χ2n) is 2.66. The fourth-order valence-electron chi connectivity index (χ4n) is 0.945. The SMILES string of the molecule is OCCN=Cc1cc(S)cc(S)c1S. The number of thiol groups is 3. The van der Waals surface area contributed by atoms with Gasteiger partial charge < -0.3 is 5.11 Å². The normalized spacial score (nSPS) is 11.1. The van der Waals surface area contributed by atoms with E-state index in [1.54, 1.807) is 6.21 Å². The summed E-state index contributed by atoms with van der Waals surface area (Å²) in [6.07, 6.45) is 1.66. The number of hydrogen-bond donors (Lipinski definition) is 4. The van der Waals surface area contributed by atoms with Crippen LogP contribution < -0.4 is 0 Å². The van der Waals surface area contributed by atoms with Crippen molar-refractivity contribution in [3.63, 3.8) is 0 Å². The first-order valence-electron chi connectivity index (χ1n) is 4.00. The van der Waals surface area contributed by atoms with E-state index in [1.807, 2.05) is 12.1 Å². The van der Waals surface area contributed by atoms with Crippen LogP contribution in [-0.2, 0) is 0 Å². The van der Waals surface area contributed by atoms with Crippen molar-refractivity contribution in [3.05, 3.63) is 17.7 Å². The number of rotatable bonds is 3. The molecule has 1 rings (SSSR count). The number of aliphatic hydroxyl groups excluding tert-OH is 1. The fourth-order valence-corrected chi connectivity index (χ4v) is 1.77. The first-order valence-corrected chi connectivity index (χ1v) is 5.35. The Balaban J connectivity index is 2.96. The van der Waals surface area contributed by atoms with Crippen LogP contribution in [0.15, 0.2) is 31.8 Å². The van der Waals surface area contributed by atoms with Crippen molar-refractivity contribution < 1.29 is 5.11 Å². The molecule has 76 valence electrons. The molecule has 14 heavy (non-hydrogen) atoms. The van der Waals surface area contributed by atoms with Gasteiger partial charge in [-0.3, -0.25) is 4.99 Å². The quantitative estimate of drug-likeness (QED) is 0.476. The first-order chi connectivity index (χ1) is 6.65. The van der Waals surface area contributed by atoms with Gasteiger partial charge in [0.15, 0.2) is 0 Å². The lowest BCUT2D eigenvalue weighted by Crippen LogP contribution is -1.91. The lowest BCUT2D eigenvalue weighted by Gasteiger charge is -2.03. The van der Waals surface area contributed by atoms with Gasteiger partial charge in [0.25, 0.3) is 0 Å². The highest BCUT2D eigenvalue weighted by Gasteiger charge is 2.01. The van der Waals surface area contributed by atoms with Gasteiger partial charge in [-0.2, -0.15) is 0 Å². The van der Waals surface area contributed by atoms with E-state index in [0.29, 0.717) is 6.54 Å². The third kappa shape index (κ3) is 3.24. The maximum absolute atomic E-state index is 8.56. The molecule has 0 unspecified atom stereocenters. The minimum Gasteiger partial charge on any atom is -0.394 e. The van der Waals surface area contributed by atoms with E-state index in [-0.39, 0.29) is 6.61 Å². The lowest BCUT2D eigenvalue weighted by molar-refractivity contribution is 0.307. The molecule has 0 aliphatic carbocycles. The Morgan fingerprint density at radius 3 is 2.64 bits per heavy atom. The average Bonchev–Trinajstić information content (AvgIpc) is 2.13. The minimum absolute atomic E-state index is 0.0483. The summed E-state index contributed by atoms with van der Waals surface area (Å²) >= 11 is 12.8. The summed E-state index contributed by atoms with van der Waals surface area (Å²) < 4.78 is 0. The molecule has 0 atom stereocenters. The van der Waals surface area contributed by atoms with Gasteiger partial charge in [-0.25, -0.2) is 0 Å². The molecule has 0 bridgehead atoms. The number of aliphatic hydroxyl groups is 1. The first kappa shape index (κ1) is 12.0. The van der Waals surface area contributed by atoms with Crippen LogP contribution in [0.25, 0.3) is 0 Å². The van der Waals surface area contributed by atoms with Crippen molar-refractivity contribution >= 4 is 44.1 Å². The van der Waals surface area contributed by atoms with Crippen LogP contribution in [0.1, 0.15) is 5.56 Å². The summed E-state index contributed by atoms with van der Waals surface area (Å²) in [5.74, 6) is 0. The molecule has 5 heteroatoms. The predicted octanol–water partition coefficient (Wildman–Crippen LogP) is 1.96. The Kier molecular flexibility index (Phi) is 4.88. The summed E-state index contributed by atoms with van der Waals surface area (Å²) in [7, 11) is 0. The summed E-state index contributed by atoms with van der Waals surface area (Å²) in [5, 5.41) is 8.56. The number of aliphatic imine (C=N–C) groups is 1. The highest BCUT2D eigenvalue weighted by molar-refractivity contribution is 7.83. The van der Waals surface area contributed by atoms with Gasteiger partial charge in [-0.1, -0.05) is 0 Å². The number of benzene rings is 1. The van der Waals surface area contributed by atoms with Crippen LogP contribution in [0, 0.1) is 0 Å². The summed E-state index contributed by atoms with van der Waals surface area (Å²) in [6.45, 7) is 0.443. The maximum Gasteiger partial charge on any atom is 0.0626 e. The van der Waals surface area contributed by atoms with Crippen LogP contribution in [-0.4, -0.2) is 24.5 Å². The molecule has 0 aliphatic rings. The zero-order valence-electron chi connectivity index (χ0n) is 7.38. The predicted molar refractivity (Wildman–Crippen MR) is 67.7 cm³/mol. The maximum atomic E-state index is 8.56. The standard InChI is InChI=1S/C9H11NOS3/c11-2-1-10-5-6-3-7(12)4-8(13)9(6)14/h3-5,11-14H,1-2H2. The molecule has 0 amide bonds. The summed E-state index contributed by atoms with van der Waals surface area (Å²) in [5.41, 5.74) is 0.860. The fraction of sp³-hybridized carbons (Fsp3) is 0.222. The molecule has 0 aliphatic heterocycles. The van der Waals surface area contributed by atoms with Crippen LogP contribution in [0.5, 0.6) is 0 Å². The molecule has 2 nitrogen and oxygen atoms in total. The van der Waals surface area contributed by atoms with E-state index in [2.05, 4.69) is 42.9 Å². The van der Waals surface area contributed by atoms with Crippen molar-refractivity contribution in [3.8, 4) is 0 Å². The number of nitrogens with zero attached hydrogens (tertiary/aromatic N) is 1. The molecule has 0 aromatic heterocycles. The Labute approximate surface area is 99.7 Å². The van der Waals surface area contributed by atoms with Gasteiger partial charge in [-0.05, 0) is 12.1 Å². The van der Waals surface area contributed by atoms with Crippen LogP contribution in [0.3, 0.4) is 0 Å². The monoisotopic (exact) mass is 245 g/mol. The highest BCUT2D eigenvalue weighted by atomic mass is 32.1. The summed E-state index contributed by atoms with van der Waals surface area (Å²) in [6, 6.07) is 3.67. The Morgan fingerprint density at radius 1 is 1.29 bits per heavy atom. The highest BCUT2D eigenvalue weighted by Crippen LogP contribution is 2.25. The van der Waals surface area contributed by atoms with Crippen molar-refractivity contribution in [1.82, 2.24) is 0 Å². The molecular formula is C9H11NOS3. The molecule has 1 aromatic rings.